The van der Waals surface area contributed by atoms with Crippen LogP contribution in [0.25, 0.3) is 44.3 Å². The summed E-state index contributed by atoms with van der Waals surface area (Å²) < 4.78 is 16.8. The van der Waals surface area contributed by atoms with E-state index in [2.05, 4.69) is 39.8 Å². The molecule has 4 aromatic carbocycles. The van der Waals surface area contributed by atoms with E-state index in [9.17, 15) is 0 Å². The van der Waals surface area contributed by atoms with E-state index in [1.807, 2.05) is 60.7 Å². The van der Waals surface area contributed by atoms with Crippen LogP contribution < -0.4 is 14.8 Å². The molecule has 6 rings (SSSR count). The molecular formula is C31H27N5O3. The van der Waals surface area contributed by atoms with Gasteiger partial charge in [-0.2, -0.15) is 5.10 Å². The zero-order valence-corrected chi connectivity index (χ0v) is 21.6. The van der Waals surface area contributed by atoms with E-state index in [0.717, 1.165) is 44.2 Å². The van der Waals surface area contributed by atoms with E-state index >= 15 is 0 Å². The Hall–Kier alpha value is -4.95. The van der Waals surface area contributed by atoms with Crippen molar-refractivity contribution < 1.29 is 14.2 Å². The largest absolute Gasteiger partial charge is 0.493 e. The number of rotatable bonds is 9. The molecule has 2 heterocycles. The summed E-state index contributed by atoms with van der Waals surface area (Å²) in [7, 11) is 3.26. The smallest absolute Gasteiger partial charge is 0.162 e. The van der Waals surface area contributed by atoms with Crippen LogP contribution >= 0.6 is 0 Å². The Balaban J connectivity index is 1.48. The second kappa shape index (κ2) is 10.8. The van der Waals surface area contributed by atoms with Crippen LogP contribution in [-0.4, -0.2) is 47.6 Å². The summed E-state index contributed by atoms with van der Waals surface area (Å²) in [6.07, 6.45) is 1.80. The van der Waals surface area contributed by atoms with E-state index < -0.39 is 0 Å². The van der Waals surface area contributed by atoms with Crippen molar-refractivity contribution in [1.29, 1.82) is 0 Å². The van der Waals surface area contributed by atoms with Gasteiger partial charge in [0, 0.05) is 35.2 Å². The van der Waals surface area contributed by atoms with Gasteiger partial charge in [-0.25, -0.2) is 9.97 Å². The Kier molecular flexibility index (Phi) is 6.76. The minimum atomic E-state index is 0.392. The molecule has 194 valence electrons. The molecular weight excluding hydrogens is 490 g/mol. The molecule has 0 radical (unpaired) electrons. The Morgan fingerprint density at radius 1 is 0.769 bits per heavy atom. The highest BCUT2D eigenvalue weighted by molar-refractivity contribution is 5.95. The topological polar surface area (TPSA) is 94.2 Å². The van der Waals surface area contributed by atoms with Crippen molar-refractivity contribution in [3.05, 3.63) is 91.1 Å². The minimum absolute atomic E-state index is 0.392. The quantitative estimate of drug-likeness (QED) is 0.208. The van der Waals surface area contributed by atoms with E-state index in [0.29, 0.717) is 36.4 Å². The third kappa shape index (κ3) is 5.10. The molecule has 0 aliphatic rings. The van der Waals surface area contributed by atoms with Crippen LogP contribution in [0, 0.1) is 0 Å². The first-order chi connectivity index (χ1) is 19.2. The lowest BCUT2D eigenvalue weighted by Gasteiger charge is -2.15. The van der Waals surface area contributed by atoms with Gasteiger partial charge in [0.25, 0.3) is 0 Å². The highest BCUT2D eigenvalue weighted by atomic mass is 16.5. The van der Waals surface area contributed by atoms with Crippen LogP contribution in [0.2, 0.25) is 0 Å². The Labute approximate surface area is 225 Å². The van der Waals surface area contributed by atoms with Crippen molar-refractivity contribution in [3.63, 3.8) is 0 Å². The molecule has 0 aliphatic heterocycles. The van der Waals surface area contributed by atoms with Gasteiger partial charge in [0.05, 0.1) is 30.9 Å². The number of methoxy groups -OCH3 is 2. The van der Waals surface area contributed by atoms with Crippen LogP contribution in [0.5, 0.6) is 11.5 Å². The number of nitrogens with zero attached hydrogens (tertiary/aromatic N) is 3. The van der Waals surface area contributed by atoms with Gasteiger partial charge >= 0.3 is 0 Å². The van der Waals surface area contributed by atoms with Gasteiger partial charge in [-0.1, -0.05) is 48.5 Å². The summed E-state index contributed by atoms with van der Waals surface area (Å²) in [6, 6.07) is 28.3. The fourth-order valence-electron chi connectivity index (χ4n) is 4.49. The van der Waals surface area contributed by atoms with Crippen LogP contribution in [-0.2, 0) is 4.74 Å². The highest BCUT2D eigenvalue weighted by Crippen LogP contribution is 2.37. The first-order valence-electron chi connectivity index (χ1n) is 12.6. The number of aromatic amines is 1. The van der Waals surface area contributed by atoms with Gasteiger partial charge in [-0.3, -0.25) is 5.10 Å². The van der Waals surface area contributed by atoms with E-state index in [1.165, 1.54) is 0 Å². The van der Waals surface area contributed by atoms with Gasteiger partial charge in [-0.05, 0) is 41.5 Å². The predicted molar refractivity (Wildman–Crippen MR) is 154 cm³/mol. The lowest BCUT2D eigenvalue weighted by atomic mass is 10.0. The van der Waals surface area contributed by atoms with E-state index in [1.54, 1.807) is 20.4 Å². The summed E-state index contributed by atoms with van der Waals surface area (Å²) in [5, 5.41) is 12.4. The first kappa shape index (κ1) is 24.4. The maximum atomic E-state index is 5.96. The van der Waals surface area contributed by atoms with Gasteiger partial charge < -0.3 is 19.5 Å². The number of ether oxygens (including phenoxy) is 3. The normalized spacial score (nSPS) is 11.1. The fourth-order valence-corrected chi connectivity index (χ4v) is 4.49. The molecule has 0 saturated carbocycles. The first-order valence-corrected chi connectivity index (χ1v) is 12.6. The predicted octanol–water partition coefficient (Wildman–Crippen LogP) is 6.62. The number of hydrogen-bond acceptors (Lipinski definition) is 7. The summed E-state index contributed by atoms with van der Waals surface area (Å²) in [6.45, 7) is 0.855. The number of nitrogens with one attached hydrogen (secondary N) is 2. The molecule has 0 amide bonds. The minimum Gasteiger partial charge on any atom is -0.493 e. The van der Waals surface area contributed by atoms with E-state index in [-0.39, 0.29) is 0 Å². The van der Waals surface area contributed by atoms with Crippen LogP contribution in [0.15, 0.2) is 91.1 Å². The summed E-state index contributed by atoms with van der Waals surface area (Å²) in [5.41, 5.74) is 5.71. The zero-order chi connectivity index (χ0) is 26.6. The highest BCUT2D eigenvalue weighted by Gasteiger charge is 2.16. The molecule has 8 heteroatoms. The molecule has 6 aromatic rings. The number of hydrogen-bond donors (Lipinski definition) is 2. The molecule has 0 fully saturated rings. The summed E-state index contributed by atoms with van der Waals surface area (Å²) in [4.78, 5) is 9.94. The third-order valence-electron chi connectivity index (χ3n) is 6.46. The van der Waals surface area contributed by atoms with E-state index in [4.69, 9.17) is 24.2 Å². The van der Waals surface area contributed by atoms with Crippen molar-refractivity contribution in [2.75, 3.05) is 32.8 Å². The van der Waals surface area contributed by atoms with Gasteiger partial charge in [0.2, 0.25) is 0 Å². The fraction of sp³-hybridized carbons (Fsp3) is 0.129. The zero-order valence-electron chi connectivity index (χ0n) is 21.6. The van der Waals surface area contributed by atoms with Crippen molar-refractivity contribution in [2.45, 2.75) is 0 Å². The molecule has 0 saturated heterocycles. The number of benzene rings is 4. The lowest BCUT2D eigenvalue weighted by molar-refractivity contribution is 0.144. The number of aromatic nitrogens is 4. The van der Waals surface area contributed by atoms with Crippen molar-refractivity contribution in [2.24, 2.45) is 0 Å². The molecule has 0 unspecified atom stereocenters. The van der Waals surface area contributed by atoms with Gasteiger partial charge in [0.1, 0.15) is 12.4 Å². The second-order valence-corrected chi connectivity index (χ2v) is 9.00. The molecule has 0 aliphatic carbocycles. The summed E-state index contributed by atoms with van der Waals surface area (Å²) in [5.74, 6) is 2.44. The van der Waals surface area contributed by atoms with Crippen molar-refractivity contribution in [3.8, 4) is 34.0 Å². The monoisotopic (exact) mass is 517 g/mol. The standard InChI is InChI=1S/C31H27N5O3/c1-37-13-14-39-29-17-25-27(18-28(29)38-2)34-30(22-10-6-9-21(15-22)20-7-4-3-5-8-20)35-31(25)33-24-11-12-26-23(16-24)19-32-36-26/h3-12,15-19H,13-14H2,1-2H3,(H,32,36)(H,33,34,35). The van der Waals surface area contributed by atoms with Gasteiger partial charge in [0.15, 0.2) is 17.3 Å². The Morgan fingerprint density at radius 3 is 2.46 bits per heavy atom. The Bertz CT molecular complexity index is 1750. The molecule has 2 aromatic heterocycles. The third-order valence-corrected chi connectivity index (χ3v) is 6.46. The Morgan fingerprint density at radius 2 is 1.62 bits per heavy atom. The van der Waals surface area contributed by atoms with Crippen LogP contribution in [0.1, 0.15) is 0 Å². The summed E-state index contributed by atoms with van der Waals surface area (Å²) >= 11 is 0. The maximum absolute atomic E-state index is 5.96. The number of H-pyrrole nitrogens is 1. The SMILES string of the molecule is COCCOc1cc2c(Nc3ccc4[nH]ncc4c3)nc(-c3cccc(-c4ccccc4)c3)nc2cc1OC. The van der Waals surface area contributed by atoms with Crippen LogP contribution in [0.3, 0.4) is 0 Å². The molecule has 8 nitrogen and oxygen atoms in total. The number of fused-ring (bicyclic) bond motifs is 2. The average molecular weight is 518 g/mol. The molecule has 0 atom stereocenters. The van der Waals surface area contributed by atoms with Gasteiger partial charge in [-0.15, -0.1) is 0 Å². The molecule has 0 spiro atoms. The van der Waals surface area contributed by atoms with Crippen molar-refractivity contribution >= 4 is 33.3 Å². The molecule has 0 bridgehead atoms. The maximum Gasteiger partial charge on any atom is 0.162 e. The second-order valence-electron chi connectivity index (χ2n) is 9.00. The molecule has 2 N–H and O–H groups in total. The number of anilines is 2. The molecule has 39 heavy (non-hydrogen) atoms. The average Bonchev–Trinajstić information content (AvgIpc) is 3.45. The van der Waals surface area contributed by atoms with Crippen LogP contribution in [0.4, 0.5) is 11.5 Å². The van der Waals surface area contributed by atoms with Crippen molar-refractivity contribution in [1.82, 2.24) is 20.2 Å². The lowest BCUT2D eigenvalue weighted by Crippen LogP contribution is -2.06.